The lowest BCUT2D eigenvalue weighted by Gasteiger charge is -2.08. The number of primary sulfonamides is 1. The number of hydrogen-bond acceptors (Lipinski definition) is 5. The van der Waals surface area contributed by atoms with Gasteiger partial charge in [-0.1, -0.05) is 24.3 Å². The third-order valence-electron chi connectivity index (χ3n) is 3.49. The molecule has 1 aromatic carbocycles. The molecular weight excluding hydrogens is 342 g/mol. The van der Waals surface area contributed by atoms with E-state index in [0.717, 1.165) is 17.3 Å². The molecule has 8 nitrogen and oxygen atoms in total. The van der Waals surface area contributed by atoms with E-state index in [0.29, 0.717) is 17.4 Å². The molecule has 3 rings (SSSR count). The van der Waals surface area contributed by atoms with E-state index in [1.165, 1.54) is 23.9 Å². The van der Waals surface area contributed by atoms with Gasteiger partial charge in [0.15, 0.2) is 11.5 Å². The SMILES string of the molecule is [C-]#[N+]c1ccc(-c2cnn(-c3ccc(S(N)(=O)=O)cn3)c2OC)cc1. The monoisotopic (exact) mass is 355 g/mol. The molecule has 0 aliphatic rings. The summed E-state index contributed by atoms with van der Waals surface area (Å²) in [5, 5.41) is 9.33. The van der Waals surface area contributed by atoms with Gasteiger partial charge in [0.1, 0.15) is 4.90 Å². The Hall–Kier alpha value is -3.22. The van der Waals surface area contributed by atoms with E-state index in [2.05, 4.69) is 14.9 Å². The minimum atomic E-state index is -3.81. The van der Waals surface area contributed by atoms with Gasteiger partial charge >= 0.3 is 0 Å². The predicted octanol–water partition coefficient (Wildman–Crippen LogP) is 2.14. The molecule has 0 aliphatic heterocycles. The number of nitrogens with zero attached hydrogens (tertiary/aromatic N) is 4. The Kier molecular flexibility index (Phi) is 4.22. The Bertz CT molecular complexity index is 1050. The van der Waals surface area contributed by atoms with Crippen molar-refractivity contribution in [2.75, 3.05) is 7.11 Å². The van der Waals surface area contributed by atoms with E-state index in [1.54, 1.807) is 30.5 Å². The number of aromatic nitrogens is 3. The van der Waals surface area contributed by atoms with Crippen molar-refractivity contribution in [3.63, 3.8) is 0 Å². The summed E-state index contributed by atoms with van der Waals surface area (Å²) in [6, 6.07) is 9.85. The average molecular weight is 355 g/mol. The van der Waals surface area contributed by atoms with Crippen LogP contribution >= 0.6 is 0 Å². The molecule has 0 atom stereocenters. The Labute approximate surface area is 144 Å². The highest BCUT2D eigenvalue weighted by atomic mass is 32.2. The van der Waals surface area contributed by atoms with Gasteiger partial charge in [-0.15, -0.1) is 0 Å². The molecule has 2 N–H and O–H groups in total. The van der Waals surface area contributed by atoms with Crippen LogP contribution in [0, 0.1) is 6.57 Å². The van der Waals surface area contributed by atoms with Gasteiger partial charge in [0, 0.05) is 6.20 Å². The summed E-state index contributed by atoms with van der Waals surface area (Å²) in [6.07, 6.45) is 2.77. The first-order chi connectivity index (χ1) is 11.9. The topological polar surface area (TPSA) is 104 Å². The first-order valence-corrected chi connectivity index (χ1v) is 8.58. The quantitative estimate of drug-likeness (QED) is 0.722. The molecule has 0 bridgehead atoms. The zero-order valence-corrected chi connectivity index (χ0v) is 13.9. The highest BCUT2D eigenvalue weighted by Crippen LogP contribution is 2.32. The second-order valence-corrected chi connectivity index (χ2v) is 6.60. The molecule has 2 heterocycles. The number of nitrogens with two attached hydrogens (primary N) is 1. The molecule has 9 heteroatoms. The van der Waals surface area contributed by atoms with Crippen LogP contribution in [0.2, 0.25) is 0 Å². The Morgan fingerprint density at radius 1 is 1.16 bits per heavy atom. The Morgan fingerprint density at radius 2 is 1.88 bits per heavy atom. The molecule has 126 valence electrons. The summed E-state index contributed by atoms with van der Waals surface area (Å²) in [7, 11) is -2.31. The summed E-state index contributed by atoms with van der Waals surface area (Å²) in [5.41, 5.74) is 2.09. The van der Waals surface area contributed by atoms with Crippen molar-refractivity contribution < 1.29 is 13.2 Å². The first-order valence-electron chi connectivity index (χ1n) is 7.03. The van der Waals surface area contributed by atoms with Crippen LogP contribution in [0.5, 0.6) is 5.88 Å². The van der Waals surface area contributed by atoms with Crippen LogP contribution in [-0.4, -0.2) is 30.3 Å². The van der Waals surface area contributed by atoms with Crippen molar-refractivity contribution in [2.24, 2.45) is 5.14 Å². The van der Waals surface area contributed by atoms with Gasteiger partial charge in [-0.2, -0.15) is 9.78 Å². The van der Waals surface area contributed by atoms with Gasteiger partial charge in [0.25, 0.3) is 0 Å². The van der Waals surface area contributed by atoms with E-state index < -0.39 is 10.0 Å². The average Bonchev–Trinajstić information content (AvgIpc) is 3.05. The van der Waals surface area contributed by atoms with Gasteiger partial charge in [-0.3, -0.25) is 0 Å². The van der Waals surface area contributed by atoms with Gasteiger partial charge in [-0.05, 0) is 17.7 Å². The molecule has 2 aromatic heterocycles. The van der Waals surface area contributed by atoms with Gasteiger partial charge in [0.05, 0.1) is 25.4 Å². The molecule has 0 saturated heterocycles. The van der Waals surface area contributed by atoms with Crippen LogP contribution in [0.1, 0.15) is 0 Å². The van der Waals surface area contributed by atoms with Crippen LogP contribution in [0.25, 0.3) is 21.8 Å². The molecule has 3 aromatic rings. The second-order valence-electron chi connectivity index (χ2n) is 5.04. The Balaban J connectivity index is 2.04. The molecule has 25 heavy (non-hydrogen) atoms. The predicted molar refractivity (Wildman–Crippen MR) is 91.0 cm³/mol. The number of methoxy groups -OCH3 is 1. The summed E-state index contributed by atoms with van der Waals surface area (Å²) in [6.45, 7) is 7.00. The summed E-state index contributed by atoms with van der Waals surface area (Å²) < 4.78 is 29.5. The summed E-state index contributed by atoms with van der Waals surface area (Å²) in [4.78, 5) is 7.35. The second kappa shape index (κ2) is 6.35. The maximum Gasteiger partial charge on any atom is 0.239 e. The van der Waals surface area contributed by atoms with Crippen molar-refractivity contribution in [2.45, 2.75) is 4.90 Å². The van der Waals surface area contributed by atoms with E-state index in [1.807, 2.05) is 0 Å². The molecule has 0 amide bonds. The lowest BCUT2D eigenvalue weighted by molar-refractivity contribution is 0.384. The van der Waals surface area contributed by atoms with E-state index in [9.17, 15) is 8.42 Å². The van der Waals surface area contributed by atoms with Gasteiger partial charge in [0.2, 0.25) is 15.9 Å². The number of sulfonamides is 1. The van der Waals surface area contributed by atoms with Crippen molar-refractivity contribution in [1.29, 1.82) is 0 Å². The summed E-state index contributed by atoms with van der Waals surface area (Å²) in [5.74, 6) is 0.819. The molecule has 0 spiro atoms. The maximum atomic E-state index is 11.3. The third-order valence-corrected chi connectivity index (χ3v) is 4.39. The van der Waals surface area contributed by atoms with Crippen molar-refractivity contribution in [3.8, 4) is 22.8 Å². The van der Waals surface area contributed by atoms with Gasteiger partial charge in [-0.25, -0.2) is 23.4 Å². The van der Waals surface area contributed by atoms with Crippen LogP contribution in [0.3, 0.4) is 0 Å². The van der Waals surface area contributed by atoms with Crippen LogP contribution < -0.4 is 9.88 Å². The highest BCUT2D eigenvalue weighted by Gasteiger charge is 2.16. The van der Waals surface area contributed by atoms with Crippen molar-refractivity contribution in [3.05, 3.63) is 60.2 Å². The fourth-order valence-electron chi connectivity index (χ4n) is 2.28. The van der Waals surface area contributed by atoms with E-state index >= 15 is 0 Å². The standard InChI is InChI=1S/C16H13N5O3S/c1-18-12-5-3-11(4-6-12)14-10-20-21(16(14)24-2)15-8-7-13(9-19-15)25(17,22)23/h3-10H,2H3,(H2,17,22,23). The molecule has 0 saturated carbocycles. The van der Waals surface area contributed by atoms with E-state index in [4.69, 9.17) is 16.4 Å². The van der Waals surface area contributed by atoms with Gasteiger partial charge < -0.3 is 4.74 Å². The molecule has 0 fully saturated rings. The van der Waals surface area contributed by atoms with Crippen LogP contribution in [0.4, 0.5) is 5.69 Å². The van der Waals surface area contributed by atoms with Crippen molar-refractivity contribution in [1.82, 2.24) is 14.8 Å². The Morgan fingerprint density at radius 3 is 2.40 bits per heavy atom. The first kappa shape index (κ1) is 16.6. The van der Waals surface area contributed by atoms with Crippen LogP contribution in [-0.2, 0) is 10.0 Å². The fourth-order valence-corrected chi connectivity index (χ4v) is 2.73. The molecule has 0 unspecified atom stereocenters. The van der Waals surface area contributed by atoms with Crippen molar-refractivity contribution >= 4 is 15.7 Å². The largest absolute Gasteiger partial charge is 0.480 e. The fraction of sp³-hybridized carbons (Fsp3) is 0.0625. The lowest BCUT2D eigenvalue weighted by atomic mass is 10.1. The number of ether oxygens (including phenoxy) is 1. The smallest absolute Gasteiger partial charge is 0.239 e. The highest BCUT2D eigenvalue weighted by molar-refractivity contribution is 7.89. The number of rotatable bonds is 4. The third kappa shape index (κ3) is 3.21. The number of benzene rings is 1. The minimum Gasteiger partial charge on any atom is -0.480 e. The summed E-state index contributed by atoms with van der Waals surface area (Å²) >= 11 is 0. The molecule has 0 radical (unpaired) electrons. The molecule has 0 aliphatic carbocycles. The minimum absolute atomic E-state index is 0.0858. The number of pyridine rings is 1. The van der Waals surface area contributed by atoms with E-state index in [-0.39, 0.29) is 4.90 Å². The normalized spacial score (nSPS) is 11.1. The lowest BCUT2D eigenvalue weighted by Crippen LogP contribution is -2.13. The number of hydrogen-bond donors (Lipinski definition) is 1. The zero-order chi connectivity index (χ0) is 18.0. The maximum absolute atomic E-state index is 11.3. The zero-order valence-electron chi connectivity index (χ0n) is 13.1. The van der Waals surface area contributed by atoms with Crippen LogP contribution in [0.15, 0.2) is 53.7 Å². The molecular formula is C16H13N5O3S.